The second-order valence-electron chi connectivity index (χ2n) is 4.54. The van der Waals surface area contributed by atoms with Crippen LogP contribution in [0.25, 0.3) is 0 Å². The molecule has 6 nitrogen and oxygen atoms in total. The molecule has 21 heavy (non-hydrogen) atoms. The molecule has 0 amide bonds. The summed E-state index contributed by atoms with van der Waals surface area (Å²) in [5.41, 5.74) is 1.79. The molecule has 0 bridgehead atoms. The van der Waals surface area contributed by atoms with Crippen LogP contribution in [-0.2, 0) is 13.1 Å². The first kappa shape index (κ1) is 15.2. The highest BCUT2D eigenvalue weighted by atomic mass is 16.5. The van der Waals surface area contributed by atoms with Gasteiger partial charge in [0.2, 0.25) is 0 Å². The largest absolute Gasteiger partial charge is 0.496 e. The van der Waals surface area contributed by atoms with Gasteiger partial charge in [0.05, 0.1) is 32.6 Å². The zero-order valence-electron chi connectivity index (χ0n) is 12.7. The normalized spacial score (nSPS) is 10.5. The first-order chi connectivity index (χ1) is 10.2. The van der Waals surface area contributed by atoms with Gasteiger partial charge in [-0.1, -0.05) is 5.16 Å². The lowest BCUT2D eigenvalue weighted by atomic mass is 10.1. The first-order valence-electron chi connectivity index (χ1n) is 6.59. The highest BCUT2D eigenvalue weighted by Gasteiger charge is 2.13. The smallest absolute Gasteiger partial charge is 0.133 e. The summed E-state index contributed by atoms with van der Waals surface area (Å²) < 4.78 is 21.1. The van der Waals surface area contributed by atoms with E-state index in [1.807, 2.05) is 25.1 Å². The first-order valence-corrected chi connectivity index (χ1v) is 6.59. The molecule has 0 saturated heterocycles. The van der Waals surface area contributed by atoms with Gasteiger partial charge in [0.1, 0.15) is 23.0 Å². The fourth-order valence-corrected chi connectivity index (χ4v) is 2.07. The van der Waals surface area contributed by atoms with Gasteiger partial charge >= 0.3 is 0 Å². The molecule has 1 N–H and O–H groups in total. The van der Waals surface area contributed by atoms with Crippen molar-refractivity contribution >= 4 is 0 Å². The molecule has 2 aromatic rings. The summed E-state index contributed by atoms with van der Waals surface area (Å²) in [6, 6.07) is 5.56. The summed E-state index contributed by atoms with van der Waals surface area (Å²) in [5.74, 6) is 2.93. The molecule has 2 rings (SSSR count). The van der Waals surface area contributed by atoms with E-state index in [0.29, 0.717) is 18.8 Å². The monoisotopic (exact) mass is 292 g/mol. The van der Waals surface area contributed by atoms with Crippen LogP contribution in [0.5, 0.6) is 17.2 Å². The lowest BCUT2D eigenvalue weighted by Crippen LogP contribution is -2.14. The fraction of sp³-hybridized carbons (Fsp3) is 0.400. The Labute approximate surface area is 124 Å². The van der Waals surface area contributed by atoms with Crippen LogP contribution in [0.3, 0.4) is 0 Å². The number of ether oxygens (including phenoxy) is 3. The molecule has 6 heteroatoms. The van der Waals surface area contributed by atoms with Crippen LogP contribution in [0.2, 0.25) is 0 Å². The fourth-order valence-electron chi connectivity index (χ4n) is 2.07. The van der Waals surface area contributed by atoms with Gasteiger partial charge in [-0.3, -0.25) is 0 Å². The third kappa shape index (κ3) is 3.66. The zero-order valence-corrected chi connectivity index (χ0v) is 12.7. The molecule has 0 aliphatic carbocycles. The van der Waals surface area contributed by atoms with E-state index >= 15 is 0 Å². The zero-order chi connectivity index (χ0) is 15.2. The quantitative estimate of drug-likeness (QED) is 0.844. The number of nitrogens with zero attached hydrogens (tertiary/aromatic N) is 1. The molecule has 0 aliphatic rings. The SMILES string of the molecule is COc1cc(OC)c(CNCc2cc(C)on2)c(OC)c1. The van der Waals surface area contributed by atoms with Crippen molar-refractivity contribution in [3.05, 3.63) is 35.2 Å². The number of rotatable bonds is 7. The Kier molecular flexibility index (Phi) is 5.05. The minimum absolute atomic E-state index is 0.586. The van der Waals surface area contributed by atoms with Crippen LogP contribution in [0, 0.1) is 6.92 Å². The predicted octanol–water partition coefficient (Wildman–Crippen LogP) is 2.30. The topological polar surface area (TPSA) is 65.8 Å². The van der Waals surface area contributed by atoms with E-state index in [1.165, 1.54) is 0 Å². The van der Waals surface area contributed by atoms with E-state index in [4.69, 9.17) is 18.7 Å². The van der Waals surface area contributed by atoms with E-state index in [0.717, 1.165) is 28.5 Å². The summed E-state index contributed by atoms with van der Waals surface area (Å²) in [6.45, 7) is 3.06. The van der Waals surface area contributed by atoms with Crippen molar-refractivity contribution in [3.8, 4) is 17.2 Å². The van der Waals surface area contributed by atoms with Crippen molar-refractivity contribution in [3.63, 3.8) is 0 Å². The second-order valence-corrected chi connectivity index (χ2v) is 4.54. The highest BCUT2D eigenvalue weighted by molar-refractivity contribution is 5.50. The third-order valence-corrected chi connectivity index (χ3v) is 3.10. The number of nitrogens with one attached hydrogen (secondary N) is 1. The van der Waals surface area contributed by atoms with Crippen LogP contribution >= 0.6 is 0 Å². The Morgan fingerprint density at radius 2 is 1.67 bits per heavy atom. The van der Waals surface area contributed by atoms with Gasteiger partial charge in [-0.2, -0.15) is 0 Å². The van der Waals surface area contributed by atoms with Crippen molar-refractivity contribution in [1.29, 1.82) is 0 Å². The number of hydrogen-bond acceptors (Lipinski definition) is 6. The van der Waals surface area contributed by atoms with Crippen molar-refractivity contribution in [2.24, 2.45) is 0 Å². The highest BCUT2D eigenvalue weighted by Crippen LogP contribution is 2.33. The lowest BCUT2D eigenvalue weighted by Gasteiger charge is -2.15. The third-order valence-electron chi connectivity index (χ3n) is 3.10. The second kappa shape index (κ2) is 6.99. The Bertz CT molecular complexity index is 570. The van der Waals surface area contributed by atoms with Crippen LogP contribution in [0.15, 0.2) is 22.7 Å². The van der Waals surface area contributed by atoms with Crippen molar-refractivity contribution in [1.82, 2.24) is 10.5 Å². The molecule has 114 valence electrons. The van der Waals surface area contributed by atoms with Gasteiger partial charge in [-0.25, -0.2) is 0 Å². The van der Waals surface area contributed by atoms with Gasteiger partial charge in [0.25, 0.3) is 0 Å². The average molecular weight is 292 g/mol. The summed E-state index contributed by atoms with van der Waals surface area (Å²) in [7, 11) is 4.86. The van der Waals surface area contributed by atoms with Crippen molar-refractivity contribution in [2.45, 2.75) is 20.0 Å². The van der Waals surface area contributed by atoms with Gasteiger partial charge in [-0.05, 0) is 6.92 Å². The molecule has 0 aliphatic heterocycles. The number of hydrogen-bond donors (Lipinski definition) is 1. The maximum absolute atomic E-state index is 5.40. The van der Waals surface area contributed by atoms with Gasteiger partial charge in [0, 0.05) is 31.3 Å². The molecule has 0 unspecified atom stereocenters. The Morgan fingerprint density at radius 3 is 2.14 bits per heavy atom. The molecular formula is C15H20N2O4. The average Bonchev–Trinajstić information content (AvgIpc) is 2.92. The van der Waals surface area contributed by atoms with Gasteiger partial charge < -0.3 is 24.1 Å². The minimum atomic E-state index is 0.586. The summed E-state index contributed by atoms with van der Waals surface area (Å²) in [5, 5.41) is 7.23. The maximum atomic E-state index is 5.40. The molecule has 0 radical (unpaired) electrons. The standard InChI is InChI=1S/C15H20N2O4/c1-10-5-11(17-21-10)8-16-9-13-14(19-3)6-12(18-2)7-15(13)20-4/h5-7,16H,8-9H2,1-4H3. The summed E-state index contributed by atoms with van der Waals surface area (Å²) >= 11 is 0. The molecule has 0 spiro atoms. The molecule has 0 atom stereocenters. The van der Waals surface area contributed by atoms with E-state index in [9.17, 15) is 0 Å². The van der Waals surface area contributed by atoms with Crippen LogP contribution < -0.4 is 19.5 Å². The minimum Gasteiger partial charge on any atom is -0.496 e. The number of aromatic nitrogens is 1. The van der Waals surface area contributed by atoms with Crippen LogP contribution in [-0.4, -0.2) is 26.5 Å². The maximum Gasteiger partial charge on any atom is 0.133 e. The lowest BCUT2D eigenvalue weighted by molar-refractivity contribution is 0.365. The number of methoxy groups -OCH3 is 3. The van der Waals surface area contributed by atoms with Gasteiger partial charge in [0.15, 0.2) is 0 Å². The van der Waals surface area contributed by atoms with Gasteiger partial charge in [-0.15, -0.1) is 0 Å². The molecule has 0 saturated carbocycles. The predicted molar refractivity (Wildman–Crippen MR) is 77.9 cm³/mol. The van der Waals surface area contributed by atoms with E-state index < -0.39 is 0 Å². The van der Waals surface area contributed by atoms with E-state index in [1.54, 1.807) is 21.3 Å². The number of benzene rings is 1. The van der Waals surface area contributed by atoms with Crippen molar-refractivity contribution in [2.75, 3.05) is 21.3 Å². The van der Waals surface area contributed by atoms with E-state index in [-0.39, 0.29) is 0 Å². The van der Waals surface area contributed by atoms with Crippen LogP contribution in [0.4, 0.5) is 0 Å². The van der Waals surface area contributed by atoms with Crippen molar-refractivity contribution < 1.29 is 18.7 Å². The number of aryl methyl sites for hydroxylation is 1. The summed E-state index contributed by atoms with van der Waals surface area (Å²) in [4.78, 5) is 0. The summed E-state index contributed by atoms with van der Waals surface area (Å²) in [6.07, 6.45) is 0. The molecule has 0 fully saturated rings. The molecular weight excluding hydrogens is 272 g/mol. The Morgan fingerprint density at radius 1 is 1.00 bits per heavy atom. The molecule has 1 heterocycles. The Balaban J connectivity index is 2.10. The van der Waals surface area contributed by atoms with Crippen LogP contribution in [0.1, 0.15) is 17.0 Å². The van der Waals surface area contributed by atoms with E-state index in [2.05, 4.69) is 10.5 Å². The Hall–Kier alpha value is -2.21. The molecule has 1 aromatic carbocycles. The molecule has 1 aromatic heterocycles.